The van der Waals surface area contributed by atoms with Gasteiger partial charge in [0, 0.05) is 11.1 Å². The molecule has 1 aromatic carbocycles. The van der Waals surface area contributed by atoms with Crippen LogP contribution in [0, 0.1) is 24.2 Å². The van der Waals surface area contributed by atoms with Gasteiger partial charge in [0.2, 0.25) is 10.0 Å². The minimum absolute atomic E-state index is 0.129. The van der Waals surface area contributed by atoms with Crippen molar-refractivity contribution < 1.29 is 8.42 Å². The Kier molecular flexibility index (Phi) is 4.48. The van der Waals surface area contributed by atoms with Crippen LogP contribution < -0.4 is 4.72 Å². The Hall–Kier alpha value is -1.75. The van der Waals surface area contributed by atoms with Crippen LogP contribution in [0.2, 0.25) is 0 Å². The fraction of sp³-hybridized carbons (Fsp3) is 0.375. The molecule has 2 aromatic rings. The number of nitrogens with one attached hydrogen (secondary N) is 1. The first-order valence-electron chi connectivity index (χ1n) is 7.38. The van der Waals surface area contributed by atoms with Crippen LogP contribution in [-0.2, 0) is 15.8 Å². The molecule has 120 valence electrons. The maximum Gasteiger partial charge on any atom is 0.216 e. The normalized spacial score (nSPS) is 16.0. The van der Waals surface area contributed by atoms with Crippen LogP contribution in [0.5, 0.6) is 0 Å². The second-order valence-electron chi connectivity index (χ2n) is 5.81. The monoisotopic (exact) mass is 347 g/mol. The lowest BCUT2D eigenvalue weighted by atomic mass is 10.2. The Balaban J connectivity index is 1.77. The van der Waals surface area contributed by atoms with Gasteiger partial charge in [0.15, 0.2) is 0 Å². The van der Waals surface area contributed by atoms with Gasteiger partial charge in [-0.05, 0) is 43.4 Å². The van der Waals surface area contributed by atoms with Crippen LogP contribution in [-0.4, -0.2) is 13.4 Å². The van der Waals surface area contributed by atoms with Gasteiger partial charge in [-0.2, -0.15) is 5.26 Å². The smallest absolute Gasteiger partial charge is 0.216 e. The predicted octanol–water partition coefficient (Wildman–Crippen LogP) is 2.89. The average Bonchev–Trinajstić information content (AvgIpc) is 3.26. The average molecular weight is 347 g/mol. The number of aryl methyl sites for hydroxylation is 1. The number of nitriles is 1. The van der Waals surface area contributed by atoms with Gasteiger partial charge in [0.25, 0.3) is 0 Å². The van der Waals surface area contributed by atoms with Crippen LogP contribution in [0.1, 0.15) is 39.9 Å². The van der Waals surface area contributed by atoms with E-state index in [1.54, 1.807) is 30.5 Å². The van der Waals surface area contributed by atoms with E-state index in [4.69, 9.17) is 5.26 Å². The van der Waals surface area contributed by atoms with Crippen molar-refractivity contribution in [2.45, 2.75) is 31.6 Å². The molecular formula is C16H17N3O2S2. The summed E-state index contributed by atoms with van der Waals surface area (Å²) in [5.74, 6) is 0.205. The van der Waals surface area contributed by atoms with Crippen molar-refractivity contribution in [3.63, 3.8) is 0 Å². The van der Waals surface area contributed by atoms with Crippen LogP contribution in [0.15, 0.2) is 30.5 Å². The molecule has 0 saturated heterocycles. The molecule has 1 saturated carbocycles. The second kappa shape index (κ2) is 6.40. The number of sulfonamides is 1. The molecule has 0 unspecified atom stereocenters. The highest BCUT2D eigenvalue weighted by Gasteiger charge is 2.36. The first kappa shape index (κ1) is 16.1. The van der Waals surface area contributed by atoms with E-state index in [0.29, 0.717) is 17.0 Å². The summed E-state index contributed by atoms with van der Waals surface area (Å²) in [4.78, 5) is 5.42. The minimum atomic E-state index is -3.50. The van der Waals surface area contributed by atoms with Crippen molar-refractivity contribution in [3.05, 3.63) is 51.5 Å². The van der Waals surface area contributed by atoms with Gasteiger partial charge in [0.1, 0.15) is 5.01 Å². The number of benzene rings is 1. The number of rotatable bonds is 6. The van der Waals surface area contributed by atoms with Crippen molar-refractivity contribution >= 4 is 21.4 Å². The quantitative estimate of drug-likeness (QED) is 0.871. The van der Waals surface area contributed by atoms with E-state index in [1.807, 2.05) is 13.0 Å². The molecule has 1 aromatic heterocycles. The molecule has 1 heterocycles. The van der Waals surface area contributed by atoms with Gasteiger partial charge in [-0.3, -0.25) is 0 Å². The van der Waals surface area contributed by atoms with E-state index in [-0.39, 0.29) is 11.8 Å². The highest BCUT2D eigenvalue weighted by Crippen LogP contribution is 2.42. The molecule has 7 heteroatoms. The second-order valence-corrected chi connectivity index (χ2v) is 8.83. The molecule has 5 nitrogen and oxygen atoms in total. The van der Waals surface area contributed by atoms with Gasteiger partial charge >= 0.3 is 0 Å². The molecule has 0 bridgehead atoms. The SMILES string of the molecule is Cc1cnc([C@@H](NS(=O)(=O)Cc2cccc(C#N)c2)C2CC2)s1. The molecule has 1 aliphatic carbocycles. The number of nitrogens with zero attached hydrogens (tertiary/aromatic N) is 2. The molecule has 0 aliphatic heterocycles. The summed E-state index contributed by atoms with van der Waals surface area (Å²) in [5, 5.41) is 9.75. The third-order valence-corrected chi connectivity index (χ3v) is 6.04. The Morgan fingerprint density at radius 3 is 2.87 bits per heavy atom. The molecule has 1 atom stereocenters. The van der Waals surface area contributed by atoms with E-state index < -0.39 is 10.0 Å². The summed E-state index contributed by atoms with van der Waals surface area (Å²) in [6.07, 6.45) is 3.82. The molecule has 0 amide bonds. The highest BCUT2D eigenvalue weighted by atomic mass is 32.2. The molecule has 23 heavy (non-hydrogen) atoms. The summed E-state index contributed by atoms with van der Waals surface area (Å²) >= 11 is 1.54. The fourth-order valence-electron chi connectivity index (χ4n) is 2.48. The van der Waals surface area contributed by atoms with Crippen LogP contribution in [0.3, 0.4) is 0 Å². The lowest BCUT2D eigenvalue weighted by Crippen LogP contribution is -2.31. The Bertz CT molecular complexity index is 848. The molecular weight excluding hydrogens is 330 g/mol. The summed E-state index contributed by atoms with van der Waals surface area (Å²) in [5.41, 5.74) is 1.08. The van der Waals surface area contributed by atoms with Crippen molar-refractivity contribution in [3.8, 4) is 6.07 Å². The van der Waals surface area contributed by atoms with Gasteiger partial charge in [-0.15, -0.1) is 11.3 Å². The summed E-state index contributed by atoms with van der Waals surface area (Å²) in [7, 11) is -3.50. The van der Waals surface area contributed by atoms with Gasteiger partial charge in [0.05, 0.1) is 23.4 Å². The van der Waals surface area contributed by atoms with Gasteiger partial charge in [-0.1, -0.05) is 12.1 Å². The van der Waals surface area contributed by atoms with E-state index in [1.165, 1.54) is 11.3 Å². The summed E-state index contributed by atoms with van der Waals surface area (Å²) in [6, 6.07) is 8.48. The Labute approximate surface area is 140 Å². The van der Waals surface area contributed by atoms with E-state index >= 15 is 0 Å². The first-order chi connectivity index (χ1) is 11.0. The fourth-order valence-corrected chi connectivity index (χ4v) is 4.87. The third kappa shape index (κ3) is 4.16. The van der Waals surface area contributed by atoms with E-state index in [2.05, 4.69) is 9.71 Å². The van der Waals surface area contributed by atoms with Crippen LogP contribution in [0.25, 0.3) is 0 Å². The molecule has 0 radical (unpaired) electrons. The molecule has 1 N–H and O–H groups in total. The highest BCUT2D eigenvalue weighted by molar-refractivity contribution is 7.88. The van der Waals surface area contributed by atoms with E-state index in [0.717, 1.165) is 22.7 Å². The number of hydrogen-bond acceptors (Lipinski definition) is 5. The first-order valence-corrected chi connectivity index (χ1v) is 9.85. The lowest BCUT2D eigenvalue weighted by Gasteiger charge is -2.16. The minimum Gasteiger partial charge on any atom is -0.248 e. The Morgan fingerprint density at radius 1 is 1.48 bits per heavy atom. The number of thiazole rings is 1. The summed E-state index contributed by atoms with van der Waals surface area (Å²) < 4.78 is 27.8. The molecule has 1 aliphatic rings. The standard InChI is InChI=1S/C16H17N3O2S2/c1-11-9-18-16(22-11)15(14-5-6-14)19-23(20,21)10-13-4-2-3-12(7-13)8-17/h2-4,7,9,14-15,19H,5-6,10H2,1H3/t15-/m0/s1. The molecule has 1 fully saturated rings. The lowest BCUT2D eigenvalue weighted by molar-refractivity contribution is 0.527. The predicted molar refractivity (Wildman–Crippen MR) is 89.2 cm³/mol. The van der Waals surface area contributed by atoms with Gasteiger partial charge < -0.3 is 0 Å². The maximum absolute atomic E-state index is 12.5. The largest absolute Gasteiger partial charge is 0.248 e. The topological polar surface area (TPSA) is 82.8 Å². The number of hydrogen-bond donors (Lipinski definition) is 1. The van der Waals surface area contributed by atoms with Crippen molar-refractivity contribution in [2.75, 3.05) is 0 Å². The van der Waals surface area contributed by atoms with Crippen molar-refractivity contribution in [2.24, 2.45) is 5.92 Å². The maximum atomic E-state index is 12.5. The zero-order valence-corrected chi connectivity index (χ0v) is 14.3. The molecule has 3 rings (SSSR count). The summed E-state index contributed by atoms with van der Waals surface area (Å²) in [6.45, 7) is 1.97. The van der Waals surface area contributed by atoms with Gasteiger partial charge in [-0.25, -0.2) is 18.1 Å². The van der Waals surface area contributed by atoms with E-state index in [9.17, 15) is 8.42 Å². The zero-order valence-electron chi connectivity index (χ0n) is 12.7. The zero-order chi connectivity index (χ0) is 16.4. The Morgan fingerprint density at radius 2 is 2.26 bits per heavy atom. The molecule has 0 spiro atoms. The van der Waals surface area contributed by atoms with Crippen molar-refractivity contribution in [1.82, 2.24) is 9.71 Å². The third-order valence-electron chi connectivity index (χ3n) is 3.72. The van der Waals surface area contributed by atoms with Crippen molar-refractivity contribution in [1.29, 1.82) is 5.26 Å². The number of aromatic nitrogens is 1. The van der Waals surface area contributed by atoms with Crippen LogP contribution >= 0.6 is 11.3 Å². The van der Waals surface area contributed by atoms with Crippen LogP contribution in [0.4, 0.5) is 0 Å².